The van der Waals surface area contributed by atoms with Gasteiger partial charge in [0.15, 0.2) is 5.96 Å². The molecule has 0 amide bonds. The molecule has 0 bridgehead atoms. The van der Waals surface area contributed by atoms with Crippen molar-refractivity contribution in [2.24, 2.45) is 4.99 Å². The number of halogens is 1. The number of benzene rings is 1. The van der Waals surface area contributed by atoms with Gasteiger partial charge < -0.3 is 20.3 Å². The van der Waals surface area contributed by atoms with Crippen molar-refractivity contribution in [3.63, 3.8) is 0 Å². The number of likely N-dealkylation sites (tertiary alicyclic amines) is 1. The fourth-order valence-electron chi connectivity index (χ4n) is 2.88. The first-order valence-corrected chi connectivity index (χ1v) is 9.23. The normalized spacial score (nSPS) is 14.8. The lowest BCUT2D eigenvalue weighted by Crippen LogP contribution is -2.38. The van der Waals surface area contributed by atoms with Gasteiger partial charge in [-0.3, -0.25) is 4.99 Å². The van der Waals surface area contributed by atoms with Crippen molar-refractivity contribution in [1.82, 2.24) is 15.5 Å². The molecule has 1 aliphatic rings. The molecule has 6 heteroatoms. The zero-order chi connectivity index (χ0) is 16.9. The monoisotopic (exact) mass is 460 g/mol. The molecule has 1 aliphatic heterocycles. The Morgan fingerprint density at radius 3 is 2.40 bits per heavy atom. The molecular formula is C19H33IN4O. The highest BCUT2D eigenvalue weighted by Crippen LogP contribution is 2.08. The number of para-hydroxylation sites is 1. The molecule has 2 rings (SSSR count). The van der Waals surface area contributed by atoms with Crippen molar-refractivity contribution in [3.8, 4) is 5.75 Å². The van der Waals surface area contributed by atoms with Crippen molar-refractivity contribution in [2.45, 2.75) is 32.1 Å². The summed E-state index contributed by atoms with van der Waals surface area (Å²) in [6.45, 7) is 6.38. The van der Waals surface area contributed by atoms with Crippen LogP contribution in [0.5, 0.6) is 5.75 Å². The van der Waals surface area contributed by atoms with E-state index in [1.807, 2.05) is 37.4 Å². The van der Waals surface area contributed by atoms with Crippen LogP contribution in [0.1, 0.15) is 32.1 Å². The van der Waals surface area contributed by atoms with Crippen LogP contribution in [0.4, 0.5) is 0 Å². The van der Waals surface area contributed by atoms with Crippen LogP contribution in [-0.2, 0) is 0 Å². The second-order valence-electron chi connectivity index (χ2n) is 6.20. The summed E-state index contributed by atoms with van der Waals surface area (Å²) in [5.41, 5.74) is 0. The Labute approximate surface area is 169 Å². The number of unbranched alkanes of at least 4 members (excludes halogenated alkanes) is 1. The molecule has 0 atom stereocenters. The Balaban J connectivity index is 0.00000312. The number of hydrogen-bond donors (Lipinski definition) is 2. The Hall–Kier alpha value is -1.02. The molecule has 1 aromatic rings. The minimum Gasteiger partial charge on any atom is -0.494 e. The molecule has 5 nitrogen and oxygen atoms in total. The number of ether oxygens (including phenoxy) is 1. The molecule has 1 aromatic carbocycles. The van der Waals surface area contributed by atoms with E-state index in [9.17, 15) is 0 Å². The highest BCUT2D eigenvalue weighted by atomic mass is 127. The fourth-order valence-corrected chi connectivity index (χ4v) is 2.88. The third-order valence-electron chi connectivity index (χ3n) is 4.24. The lowest BCUT2D eigenvalue weighted by atomic mass is 10.3. The Morgan fingerprint density at radius 2 is 1.72 bits per heavy atom. The summed E-state index contributed by atoms with van der Waals surface area (Å²) in [5.74, 6) is 1.81. The number of rotatable bonds is 10. The van der Waals surface area contributed by atoms with Gasteiger partial charge in [-0.2, -0.15) is 0 Å². The fraction of sp³-hybridized carbons (Fsp3) is 0.632. The van der Waals surface area contributed by atoms with Crippen molar-refractivity contribution in [2.75, 3.05) is 46.4 Å². The maximum Gasteiger partial charge on any atom is 0.190 e. The van der Waals surface area contributed by atoms with Crippen LogP contribution in [0.25, 0.3) is 0 Å². The van der Waals surface area contributed by atoms with Crippen LogP contribution in [0.3, 0.4) is 0 Å². The Bertz CT molecular complexity index is 464. The molecule has 1 heterocycles. The van der Waals surface area contributed by atoms with Crippen LogP contribution in [0.15, 0.2) is 35.3 Å². The molecule has 0 aliphatic carbocycles. The van der Waals surface area contributed by atoms with Gasteiger partial charge in [-0.1, -0.05) is 18.2 Å². The van der Waals surface area contributed by atoms with E-state index in [0.717, 1.165) is 31.2 Å². The maximum absolute atomic E-state index is 5.68. The smallest absolute Gasteiger partial charge is 0.190 e. The first kappa shape index (κ1) is 22.0. The van der Waals surface area contributed by atoms with Crippen molar-refractivity contribution < 1.29 is 4.74 Å². The summed E-state index contributed by atoms with van der Waals surface area (Å²) in [6, 6.07) is 9.94. The van der Waals surface area contributed by atoms with Crippen LogP contribution in [0, 0.1) is 0 Å². The van der Waals surface area contributed by atoms with Crippen molar-refractivity contribution in [1.29, 1.82) is 0 Å². The second-order valence-corrected chi connectivity index (χ2v) is 6.20. The van der Waals surface area contributed by atoms with Gasteiger partial charge in [0.1, 0.15) is 5.75 Å². The number of guanidine groups is 1. The maximum atomic E-state index is 5.68. The molecule has 2 N–H and O–H groups in total. The van der Waals surface area contributed by atoms with Crippen LogP contribution < -0.4 is 15.4 Å². The number of aliphatic imine (C=N–C) groups is 1. The molecule has 25 heavy (non-hydrogen) atoms. The lowest BCUT2D eigenvalue weighted by molar-refractivity contribution is 0.311. The molecule has 142 valence electrons. The molecule has 0 radical (unpaired) electrons. The zero-order valence-corrected chi connectivity index (χ0v) is 17.7. The van der Waals surface area contributed by atoms with Crippen LogP contribution in [-0.4, -0.2) is 57.2 Å². The highest BCUT2D eigenvalue weighted by Gasteiger charge is 2.09. The third kappa shape index (κ3) is 9.89. The largest absolute Gasteiger partial charge is 0.494 e. The van der Waals surface area contributed by atoms with Gasteiger partial charge in [-0.05, 0) is 63.9 Å². The topological polar surface area (TPSA) is 48.9 Å². The molecule has 0 unspecified atom stereocenters. The summed E-state index contributed by atoms with van der Waals surface area (Å²) in [6.07, 6.45) is 6.15. The van der Waals surface area contributed by atoms with Gasteiger partial charge >= 0.3 is 0 Å². The summed E-state index contributed by atoms with van der Waals surface area (Å²) >= 11 is 0. The van der Waals surface area contributed by atoms with E-state index in [1.165, 1.54) is 45.3 Å². The van der Waals surface area contributed by atoms with Crippen LogP contribution in [0.2, 0.25) is 0 Å². The van der Waals surface area contributed by atoms with E-state index >= 15 is 0 Å². The average molecular weight is 460 g/mol. The lowest BCUT2D eigenvalue weighted by Gasteiger charge is -2.15. The number of nitrogens with one attached hydrogen (secondary N) is 2. The number of nitrogens with zero attached hydrogens (tertiary/aromatic N) is 2. The molecule has 1 fully saturated rings. The quantitative estimate of drug-likeness (QED) is 0.244. The Morgan fingerprint density at radius 1 is 1.04 bits per heavy atom. The SMILES string of the molecule is CN=C(NCCCCN1CCCC1)NCCCOc1ccccc1.I. The first-order valence-electron chi connectivity index (χ1n) is 9.23. The van der Waals surface area contributed by atoms with E-state index in [4.69, 9.17) is 4.74 Å². The minimum atomic E-state index is 0. The van der Waals surface area contributed by atoms with Gasteiger partial charge in [-0.25, -0.2) is 0 Å². The molecular weight excluding hydrogens is 427 g/mol. The third-order valence-corrected chi connectivity index (χ3v) is 4.24. The van der Waals surface area contributed by atoms with Crippen LogP contribution >= 0.6 is 24.0 Å². The van der Waals surface area contributed by atoms with Gasteiger partial charge in [-0.15, -0.1) is 24.0 Å². The van der Waals surface area contributed by atoms with Gasteiger partial charge in [0.05, 0.1) is 6.61 Å². The predicted molar refractivity (Wildman–Crippen MR) is 116 cm³/mol. The number of hydrogen-bond acceptors (Lipinski definition) is 3. The summed E-state index contributed by atoms with van der Waals surface area (Å²) in [5, 5.41) is 6.72. The summed E-state index contributed by atoms with van der Waals surface area (Å²) in [7, 11) is 1.82. The van der Waals surface area contributed by atoms with Crippen molar-refractivity contribution in [3.05, 3.63) is 30.3 Å². The van der Waals surface area contributed by atoms with E-state index in [-0.39, 0.29) is 24.0 Å². The molecule has 0 saturated carbocycles. The standard InChI is InChI=1S/C19H32N4O.HI/c1-20-19(21-12-5-6-14-23-15-7-8-16-23)22-13-9-17-24-18-10-3-2-4-11-18;/h2-4,10-11H,5-9,12-17H2,1H3,(H2,20,21,22);1H. The van der Waals surface area contributed by atoms with E-state index < -0.39 is 0 Å². The minimum absolute atomic E-state index is 0. The summed E-state index contributed by atoms with van der Waals surface area (Å²) < 4.78 is 5.68. The van der Waals surface area contributed by atoms with E-state index in [1.54, 1.807) is 0 Å². The second kappa shape index (κ2) is 14.2. The predicted octanol–water partition coefficient (Wildman–Crippen LogP) is 3.11. The van der Waals surface area contributed by atoms with Gasteiger partial charge in [0.25, 0.3) is 0 Å². The molecule has 0 aromatic heterocycles. The van der Waals surface area contributed by atoms with Gasteiger partial charge in [0, 0.05) is 20.1 Å². The van der Waals surface area contributed by atoms with E-state index in [0.29, 0.717) is 6.61 Å². The Kier molecular flexibility index (Phi) is 12.5. The molecule has 0 spiro atoms. The first-order chi connectivity index (χ1) is 11.9. The highest BCUT2D eigenvalue weighted by molar-refractivity contribution is 14.0. The molecule has 1 saturated heterocycles. The average Bonchev–Trinajstić information content (AvgIpc) is 3.14. The zero-order valence-electron chi connectivity index (χ0n) is 15.4. The summed E-state index contributed by atoms with van der Waals surface area (Å²) in [4.78, 5) is 6.83. The van der Waals surface area contributed by atoms with E-state index in [2.05, 4.69) is 20.5 Å². The van der Waals surface area contributed by atoms with Crippen molar-refractivity contribution >= 4 is 29.9 Å². The van der Waals surface area contributed by atoms with Gasteiger partial charge in [0.2, 0.25) is 0 Å².